The highest BCUT2D eigenvalue weighted by Crippen LogP contribution is 2.35. The summed E-state index contributed by atoms with van der Waals surface area (Å²) in [6.07, 6.45) is 8.79. The fourth-order valence-electron chi connectivity index (χ4n) is 4.03. The molecule has 116 valence electrons. The fourth-order valence-corrected chi connectivity index (χ4v) is 4.03. The molecule has 20 heavy (non-hydrogen) atoms. The average molecular weight is 282 g/mol. The SMILES string of the molecule is CCNC(C)(CCN1CCC[C@H]2CCCC[C@H]21)C(=O)O. The van der Waals surface area contributed by atoms with Crippen LogP contribution in [-0.4, -0.2) is 47.2 Å². The summed E-state index contributed by atoms with van der Waals surface area (Å²) in [5.74, 6) is 0.143. The zero-order valence-electron chi connectivity index (χ0n) is 13.0. The fraction of sp³-hybridized carbons (Fsp3) is 0.938. The lowest BCUT2D eigenvalue weighted by atomic mass is 9.78. The third-order valence-corrected chi connectivity index (χ3v) is 5.30. The Balaban J connectivity index is 1.92. The summed E-state index contributed by atoms with van der Waals surface area (Å²) in [5, 5.41) is 12.6. The molecule has 1 aliphatic carbocycles. The van der Waals surface area contributed by atoms with Gasteiger partial charge in [0.05, 0.1) is 0 Å². The maximum absolute atomic E-state index is 11.5. The smallest absolute Gasteiger partial charge is 0.323 e. The molecule has 1 unspecified atom stereocenters. The number of likely N-dealkylation sites (tertiary alicyclic amines) is 1. The van der Waals surface area contributed by atoms with E-state index in [1.807, 2.05) is 13.8 Å². The molecule has 2 N–H and O–H groups in total. The highest BCUT2D eigenvalue weighted by atomic mass is 16.4. The third kappa shape index (κ3) is 3.53. The zero-order valence-corrected chi connectivity index (χ0v) is 13.0. The second-order valence-electron chi connectivity index (χ2n) is 6.71. The number of piperidine rings is 1. The average Bonchev–Trinajstić information content (AvgIpc) is 2.45. The molecule has 4 heteroatoms. The van der Waals surface area contributed by atoms with Gasteiger partial charge < -0.3 is 15.3 Å². The number of aliphatic carboxylic acids is 1. The molecule has 2 rings (SSSR count). The van der Waals surface area contributed by atoms with Crippen molar-refractivity contribution in [3.05, 3.63) is 0 Å². The van der Waals surface area contributed by atoms with E-state index in [9.17, 15) is 9.90 Å². The zero-order chi connectivity index (χ0) is 14.6. The van der Waals surface area contributed by atoms with Gasteiger partial charge >= 0.3 is 5.97 Å². The Kier molecular flexibility index (Phi) is 5.44. The van der Waals surface area contributed by atoms with E-state index in [1.165, 1.54) is 38.5 Å². The molecule has 0 spiro atoms. The number of hydrogen-bond donors (Lipinski definition) is 2. The van der Waals surface area contributed by atoms with Crippen molar-refractivity contribution in [2.75, 3.05) is 19.6 Å². The lowest BCUT2D eigenvalue weighted by Gasteiger charge is -2.45. The number of nitrogens with one attached hydrogen (secondary N) is 1. The van der Waals surface area contributed by atoms with Crippen molar-refractivity contribution in [3.8, 4) is 0 Å². The molecule has 0 radical (unpaired) electrons. The molecule has 0 amide bonds. The van der Waals surface area contributed by atoms with Crippen LogP contribution in [-0.2, 0) is 4.79 Å². The first-order chi connectivity index (χ1) is 9.57. The van der Waals surface area contributed by atoms with Gasteiger partial charge in [-0.2, -0.15) is 0 Å². The van der Waals surface area contributed by atoms with Gasteiger partial charge in [-0.1, -0.05) is 19.8 Å². The number of carboxylic acids is 1. The predicted octanol–water partition coefficient (Wildman–Crippen LogP) is 2.48. The first kappa shape index (κ1) is 15.8. The van der Waals surface area contributed by atoms with E-state index in [2.05, 4.69) is 10.2 Å². The number of nitrogens with zero attached hydrogens (tertiary/aromatic N) is 1. The van der Waals surface area contributed by atoms with Crippen molar-refractivity contribution in [3.63, 3.8) is 0 Å². The number of fused-ring (bicyclic) bond motifs is 1. The summed E-state index contributed by atoms with van der Waals surface area (Å²) in [4.78, 5) is 14.1. The Bertz CT molecular complexity index is 332. The van der Waals surface area contributed by atoms with E-state index in [-0.39, 0.29) is 0 Å². The monoisotopic (exact) mass is 282 g/mol. The van der Waals surface area contributed by atoms with E-state index in [0.29, 0.717) is 13.0 Å². The molecule has 3 atom stereocenters. The van der Waals surface area contributed by atoms with Crippen LogP contribution in [0.5, 0.6) is 0 Å². The second-order valence-corrected chi connectivity index (χ2v) is 6.71. The van der Waals surface area contributed by atoms with Crippen molar-refractivity contribution >= 4 is 5.97 Å². The largest absolute Gasteiger partial charge is 0.480 e. The highest BCUT2D eigenvalue weighted by Gasteiger charge is 2.36. The summed E-state index contributed by atoms with van der Waals surface area (Å²) in [6.45, 7) is 6.56. The van der Waals surface area contributed by atoms with Gasteiger partial charge in [0.15, 0.2) is 0 Å². The van der Waals surface area contributed by atoms with Gasteiger partial charge in [-0.3, -0.25) is 4.79 Å². The summed E-state index contributed by atoms with van der Waals surface area (Å²) >= 11 is 0. The van der Waals surface area contributed by atoms with E-state index in [0.717, 1.165) is 25.0 Å². The Labute approximate surface area is 122 Å². The van der Waals surface area contributed by atoms with Crippen molar-refractivity contribution in [2.24, 2.45) is 5.92 Å². The van der Waals surface area contributed by atoms with Crippen LogP contribution in [0.4, 0.5) is 0 Å². The molecule has 4 nitrogen and oxygen atoms in total. The van der Waals surface area contributed by atoms with Crippen LogP contribution in [0.3, 0.4) is 0 Å². The minimum absolute atomic E-state index is 0.694. The summed E-state index contributed by atoms with van der Waals surface area (Å²) in [6, 6.07) is 0.720. The summed E-state index contributed by atoms with van der Waals surface area (Å²) in [7, 11) is 0. The van der Waals surface area contributed by atoms with Crippen molar-refractivity contribution in [2.45, 2.75) is 70.4 Å². The van der Waals surface area contributed by atoms with Crippen LogP contribution in [0.15, 0.2) is 0 Å². The molecule has 1 heterocycles. The van der Waals surface area contributed by atoms with Gasteiger partial charge in [0.25, 0.3) is 0 Å². The van der Waals surface area contributed by atoms with Crippen LogP contribution in [0, 0.1) is 5.92 Å². The minimum atomic E-state index is -0.781. The molecular formula is C16H30N2O2. The van der Waals surface area contributed by atoms with E-state index in [1.54, 1.807) is 0 Å². The lowest BCUT2D eigenvalue weighted by Crippen LogP contribution is -2.53. The van der Waals surface area contributed by atoms with Gasteiger partial charge in [0.1, 0.15) is 5.54 Å². The molecule has 0 aromatic rings. The maximum atomic E-state index is 11.5. The second kappa shape index (κ2) is 6.90. The Morgan fingerprint density at radius 3 is 2.70 bits per heavy atom. The van der Waals surface area contributed by atoms with E-state index < -0.39 is 11.5 Å². The van der Waals surface area contributed by atoms with E-state index >= 15 is 0 Å². The highest BCUT2D eigenvalue weighted by molar-refractivity contribution is 5.78. The van der Waals surface area contributed by atoms with Gasteiger partial charge in [0.2, 0.25) is 0 Å². The van der Waals surface area contributed by atoms with Crippen LogP contribution < -0.4 is 5.32 Å². The Morgan fingerprint density at radius 2 is 2.00 bits per heavy atom. The molecule has 0 aromatic heterocycles. The van der Waals surface area contributed by atoms with E-state index in [4.69, 9.17) is 0 Å². The quantitative estimate of drug-likeness (QED) is 0.786. The maximum Gasteiger partial charge on any atom is 0.323 e. The van der Waals surface area contributed by atoms with Crippen LogP contribution >= 0.6 is 0 Å². The molecule has 2 fully saturated rings. The van der Waals surface area contributed by atoms with Crippen LogP contribution in [0.2, 0.25) is 0 Å². The standard InChI is InChI=1S/C16H30N2O2/c1-3-17-16(2,15(19)20)10-12-18-11-6-8-13-7-4-5-9-14(13)18/h13-14,17H,3-12H2,1-2H3,(H,19,20)/t13-,14-,16?/m1/s1. The van der Waals surface area contributed by atoms with Gasteiger partial charge in [-0.25, -0.2) is 0 Å². The van der Waals surface area contributed by atoms with Gasteiger partial charge in [-0.05, 0) is 58.0 Å². The van der Waals surface area contributed by atoms with Crippen molar-refractivity contribution < 1.29 is 9.90 Å². The van der Waals surface area contributed by atoms with Gasteiger partial charge in [-0.15, -0.1) is 0 Å². The van der Waals surface area contributed by atoms with Crippen molar-refractivity contribution in [1.82, 2.24) is 10.2 Å². The van der Waals surface area contributed by atoms with Gasteiger partial charge in [0, 0.05) is 12.6 Å². The summed E-state index contributed by atoms with van der Waals surface area (Å²) < 4.78 is 0. The topological polar surface area (TPSA) is 52.6 Å². The molecular weight excluding hydrogens is 252 g/mol. The number of rotatable bonds is 6. The third-order valence-electron chi connectivity index (χ3n) is 5.30. The Hall–Kier alpha value is -0.610. The minimum Gasteiger partial charge on any atom is -0.480 e. The first-order valence-corrected chi connectivity index (χ1v) is 8.29. The molecule has 0 aromatic carbocycles. The summed E-state index contributed by atoms with van der Waals surface area (Å²) in [5.41, 5.74) is -0.781. The Morgan fingerprint density at radius 1 is 1.30 bits per heavy atom. The first-order valence-electron chi connectivity index (χ1n) is 8.29. The lowest BCUT2D eigenvalue weighted by molar-refractivity contribution is -0.144. The molecule has 1 saturated heterocycles. The number of likely N-dealkylation sites (N-methyl/N-ethyl adjacent to an activating group) is 1. The molecule has 0 bridgehead atoms. The van der Waals surface area contributed by atoms with Crippen LogP contribution in [0.1, 0.15) is 58.8 Å². The van der Waals surface area contributed by atoms with Crippen LogP contribution in [0.25, 0.3) is 0 Å². The molecule has 1 saturated carbocycles. The van der Waals surface area contributed by atoms with Crippen molar-refractivity contribution in [1.29, 1.82) is 0 Å². The molecule has 2 aliphatic rings. The predicted molar refractivity (Wildman–Crippen MR) is 80.9 cm³/mol. The number of hydrogen-bond acceptors (Lipinski definition) is 3. The normalized spacial score (nSPS) is 30.5. The number of carboxylic acid groups (broad SMARTS) is 1. The molecule has 1 aliphatic heterocycles. The number of carbonyl (C=O) groups is 1.